The molecule has 1 unspecified atom stereocenters. The Bertz CT molecular complexity index is 480. The van der Waals surface area contributed by atoms with Gasteiger partial charge in [-0.1, -0.05) is 6.07 Å². The molecule has 8 heteroatoms. The maximum atomic E-state index is 12.4. The summed E-state index contributed by atoms with van der Waals surface area (Å²) in [5.41, 5.74) is 6.60. The van der Waals surface area contributed by atoms with Crippen LogP contribution in [0.2, 0.25) is 0 Å². The summed E-state index contributed by atoms with van der Waals surface area (Å²) in [6, 6.07) is 5.04. The SMILES string of the molecule is CCOc1cc(CN2CCOC(CN)C2)ccc1OC(F)F.Cl. The Kier molecular flexibility index (Phi) is 8.54. The zero-order valence-electron chi connectivity index (χ0n) is 13.0. The third-order valence-corrected chi connectivity index (χ3v) is 3.42. The van der Waals surface area contributed by atoms with Gasteiger partial charge < -0.3 is 19.9 Å². The average Bonchev–Trinajstić information content (AvgIpc) is 2.50. The van der Waals surface area contributed by atoms with Crippen molar-refractivity contribution in [3.63, 3.8) is 0 Å². The Balaban J connectivity index is 0.00000264. The van der Waals surface area contributed by atoms with Gasteiger partial charge in [-0.15, -0.1) is 12.4 Å². The Labute approximate surface area is 141 Å². The highest BCUT2D eigenvalue weighted by Gasteiger charge is 2.20. The zero-order valence-corrected chi connectivity index (χ0v) is 13.9. The van der Waals surface area contributed by atoms with Crippen LogP contribution in [0.3, 0.4) is 0 Å². The van der Waals surface area contributed by atoms with E-state index in [1.807, 2.05) is 0 Å². The van der Waals surface area contributed by atoms with Crippen molar-refractivity contribution in [2.24, 2.45) is 5.73 Å². The summed E-state index contributed by atoms with van der Waals surface area (Å²) in [6.07, 6.45) is 0.0431. The number of nitrogens with zero attached hydrogens (tertiary/aromatic N) is 1. The lowest BCUT2D eigenvalue weighted by molar-refractivity contribution is -0.0515. The number of hydrogen-bond acceptors (Lipinski definition) is 5. The molecule has 1 aromatic rings. The minimum atomic E-state index is -2.87. The van der Waals surface area contributed by atoms with Crippen LogP contribution in [-0.2, 0) is 11.3 Å². The van der Waals surface area contributed by atoms with Crippen molar-refractivity contribution in [3.8, 4) is 11.5 Å². The van der Waals surface area contributed by atoms with Crippen molar-refractivity contribution in [1.82, 2.24) is 4.90 Å². The molecule has 1 heterocycles. The Morgan fingerprint density at radius 1 is 1.39 bits per heavy atom. The monoisotopic (exact) mass is 352 g/mol. The highest BCUT2D eigenvalue weighted by Crippen LogP contribution is 2.30. The molecule has 1 atom stereocenters. The van der Waals surface area contributed by atoms with Crippen molar-refractivity contribution in [3.05, 3.63) is 23.8 Å². The van der Waals surface area contributed by atoms with Crippen LogP contribution in [0.4, 0.5) is 8.78 Å². The zero-order chi connectivity index (χ0) is 15.9. The van der Waals surface area contributed by atoms with E-state index in [2.05, 4.69) is 9.64 Å². The molecule has 0 aromatic heterocycles. The van der Waals surface area contributed by atoms with Gasteiger partial charge in [0.25, 0.3) is 0 Å². The van der Waals surface area contributed by atoms with Gasteiger partial charge in [0.2, 0.25) is 0 Å². The van der Waals surface area contributed by atoms with Crippen LogP contribution in [-0.4, -0.2) is 50.5 Å². The summed E-state index contributed by atoms with van der Waals surface area (Å²) in [5, 5.41) is 0. The van der Waals surface area contributed by atoms with Crippen LogP contribution in [0.5, 0.6) is 11.5 Å². The number of nitrogens with two attached hydrogens (primary N) is 1. The first-order valence-electron chi connectivity index (χ1n) is 7.37. The minimum Gasteiger partial charge on any atom is -0.490 e. The Hall–Kier alpha value is -1.15. The van der Waals surface area contributed by atoms with Gasteiger partial charge in [-0.3, -0.25) is 4.90 Å². The predicted molar refractivity (Wildman–Crippen MR) is 85.6 cm³/mol. The summed E-state index contributed by atoms with van der Waals surface area (Å²) in [4.78, 5) is 2.22. The number of alkyl halides is 2. The summed E-state index contributed by atoms with van der Waals surface area (Å²) < 4.78 is 40.2. The smallest absolute Gasteiger partial charge is 0.387 e. The van der Waals surface area contributed by atoms with E-state index in [9.17, 15) is 8.78 Å². The molecule has 0 amide bonds. The third kappa shape index (κ3) is 6.10. The minimum absolute atomic E-state index is 0. The topological polar surface area (TPSA) is 57.0 Å². The van der Waals surface area contributed by atoms with Crippen LogP contribution in [0.25, 0.3) is 0 Å². The van der Waals surface area contributed by atoms with Crippen LogP contribution < -0.4 is 15.2 Å². The van der Waals surface area contributed by atoms with Crippen molar-refractivity contribution in [2.75, 3.05) is 32.8 Å². The molecule has 0 spiro atoms. The van der Waals surface area contributed by atoms with Crippen molar-refractivity contribution < 1.29 is 23.0 Å². The number of benzene rings is 1. The van der Waals surface area contributed by atoms with Crippen LogP contribution in [0.1, 0.15) is 12.5 Å². The quantitative estimate of drug-likeness (QED) is 0.815. The van der Waals surface area contributed by atoms with Gasteiger partial charge in [-0.05, 0) is 24.6 Å². The standard InChI is InChI=1S/C15H22F2N2O3.ClH/c1-2-20-14-7-11(3-4-13(14)22-15(16)17)9-19-5-6-21-12(8-18)10-19;/h3-4,7,12,15H,2,5-6,8-10,18H2,1H3;1H. The van der Waals surface area contributed by atoms with Crippen LogP contribution >= 0.6 is 12.4 Å². The second-order valence-electron chi connectivity index (χ2n) is 5.06. The molecule has 132 valence electrons. The lowest BCUT2D eigenvalue weighted by atomic mass is 10.1. The maximum absolute atomic E-state index is 12.4. The van der Waals surface area contributed by atoms with Gasteiger partial charge >= 0.3 is 6.61 Å². The summed E-state index contributed by atoms with van der Waals surface area (Å²) in [5.74, 6) is 0.395. The first kappa shape index (κ1) is 19.9. The van der Waals surface area contributed by atoms with Gasteiger partial charge in [0.05, 0.1) is 19.3 Å². The fourth-order valence-electron chi connectivity index (χ4n) is 2.44. The average molecular weight is 353 g/mol. The predicted octanol–water partition coefficient (Wildman–Crippen LogP) is 2.27. The van der Waals surface area contributed by atoms with Gasteiger partial charge in [0.1, 0.15) is 0 Å². The van der Waals surface area contributed by atoms with Gasteiger partial charge in [-0.25, -0.2) is 0 Å². The maximum Gasteiger partial charge on any atom is 0.387 e. The first-order chi connectivity index (χ1) is 10.6. The highest BCUT2D eigenvalue weighted by atomic mass is 35.5. The summed E-state index contributed by atoms with van der Waals surface area (Å²) in [6.45, 7) is 2.71. The molecule has 2 N–H and O–H groups in total. The van der Waals surface area contributed by atoms with Gasteiger partial charge in [-0.2, -0.15) is 8.78 Å². The fraction of sp³-hybridized carbons (Fsp3) is 0.600. The molecule has 0 bridgehead atoms. The van der Waals surface area contributed by atoms with E-state index < -0.39 is 6.61 Å². The summed E-state index contributed by atoms with van der Waals surface area (Å²) in [7, 11) is 0. The second kappa shape index (κ2) is 9.87. The molecule has 23 heavy (non-hydrogen) atoms. The number of morpholine rings is 1. The number of rotatable bonds is 7. The van der Waals surface area contributed by atoms with Crippen molar-refractivity contribution >= 4 is 12.4 Å². The highest BCUT2D eigenvalue weighted by molar-refractivity contribution is 5.85. The van der Waals surface area contributed by atoms with Crippen LogP contribution in [0.15, 0.2) is 18.2 Å². The number of ether oxygens (including phenoxy) is 3. The molecule has 1 aliphatic rings. The van der Waals surface area contributed by atoms with E-state index in [4.69, 9.17) is 15.2 Å². The van der Waals surface area contributed by atoms with Gasteiger partial charge in [0.15, 0.2) is 11.5 Å². The molecule has 1 aromatic carbocycles. The van der Waals surface area contributed by atoms with E-state index in [1.165, 1.54) is 6.07 Å². The molecule has 0 aliphatic carbocycles. The lowest BCUT2D eigenvalue weighted by Gasteiger charge is -2.32. The molecule has 2 rings (SSSR count). The molecular weight excluding hydrogens is 330 g/mol. The van der Waals surface area contributed by atoms with E-state index in [1.54, 1.807) is 19.1 Å². The van der Waals surface area contributed by atoms with E-state index >= 15 is 0 Å². The van der Waals surface area contributed by atoms with Crippen molar-refractivity contribution in [1.29, 1.82) is 0 Å². The molecular formula is C15H23ClF2N2O3. The lowest BCUT2D eigenvalue weighted by Crippen LogP contribution is -2.45. The molecule has 0 radical (unpaired) electrons. The van der Waals surface area contributed by atoms with E-state index in [0.29, 0.717) is 32.1 Å². The third-order valence-electron chi connectivity index (χ3n) is 3.42. The normalized spacial score (nSPS) is 18.6. The largest absolute Gasteiger partial charge is 0.490 e. The van der Waals surface area contributed by atoms with Crippen LogP contribution in [0, 0.1) is 0 Å². The molecule has 0 saturated carbocycles. The number of halogens is 3. The Morgan fingerprint density at radius 2 is 2.17 bits per heavy atom. The Morgan fingerprint density at radius 3 is 2.83 bits per heavy atom. The molecule has 1 saturated heterocycles. The van der Waals surface area contributed by atoms with Gasteiger partial charge in [0, 0.05) is 26.2 Å². The second-order valence-corrected chi connectivity index (χ2v) is 5.06. The molecule has 1 fully saturated rings. The van der Waals surface area contributed by atoms with E-state index in [0.717, 1.165) is 18.7 Å². The first-order valence-corrected chi connectivity index (χ1v) is 7.37. The summed E-state index contributed by atoms with van der Waals surface area (Å²) >= 11 is 0. The fourth-order valence-corrected chi connectivity index (χ4v) is 2.44. The van der Waals surface area contributed by atoms with E-state index in [-0.39, 0.29) is 24.3 Å². The molecule has 5 nitrogen and oxygen atoms in total. The number of hydrogen-bond donors (Lipinski definition) is 1. The molecule has 1 aliphatic heterocycles. The van der Waals surface area contributed by atoms with Crippen molar-refractivity contribution in [2.45, 2.75) is 26.2 Å².